The van der Waals surface area contributed by atoms with Crippen LogP contribution in [0.1, 0.15) is 24.0 Å². The van der Waals surface area contributed by atoms with Crippen molar-refractivity contribution in [3.8, 4) is 5.75 Å². The molecule has 1 saturated heterocycles. The molecule has 0 radical (unpaired) electrons. The third-order valence-corrected chi connectivity index (χ3v) is 3.04. The van der Waals surface area contributed by atoms with E-state index in [1.54, 1.807) is 0 Å². The van der Waals surface area contributed by atoms with E-state index in [4.69, 9.17) is 0 Å². The lowest BCUT2D eigenvalue weighted by atomic mass is 10.1. The molecular weight excluding hydrogens is 174 g/mol. The average molecular weight is 191 g/mol. The topological polar surface area (TPSA) is 23.5 Å². The van der Waals surface area contributed by atoms with Gasteiger partial charge in [-0.15, -0.1) is 0 Å². The van der Waals surface area contributed by atoms with Gasteiger partial charge in [0.2, 0.25) is 0 Å². The SMILES string of the molecule is Cc1cc(O)c(N2CCCC2)cc1C. The van der Waals surface area contributed by atoms with Crippen molar-refractivity contribution in [1.82, 2.24) is 0 Å². The first kappa shape index (κ1) is 9.38. The van der Waals surface area contributed by atoms with Crippen molar-refractivity contribution in [1.29, 1.82) is 0 Å². The van der Waals surface area contributed by atoms with Gasteiger partial charge in [0.05, 0.1) is 5.69 Å². The molecule has 76 valence electrons. The van der Waals surface area contributed by atoms with E-state index in [2.05, 4.69) is 17.9 Å². The molecule has 0 saturated carbocycles. The van der Waals surface area contributed by atoms with Crippen LogP contribution in [0.5, 0.6) is 5.75 Å². The molecule has 0 spiro atoms. The summed E-state index contributed by atoms with van der Waals surface area (Å²) in [6, 6.07) is 3.96. The molecule has 0 aromatic heterocycles. The molecule has 2 heteroatoms. The molecule has 1 aliphatic rings. The zero-order valence-electron chi connectivity index (χ0n) is 8.88. The summed E-state index contributed by atoms with van der Waals surface area (Å²) in [6.07, 6.45) is 2.48. The lowest BCUT2D eigenvalue weighted by molar-refractivity contribution is 0.474. The Morgan fingerprint density at radius 3 is 2.29 bits per heavy atom. The van der Waals surface area contributed by atoms with Crippen molar-refractivity contribution < 1.29 is 5.11 Å². The highest BCUT2D eigenvalue weighted by atomic mass is 16.3. The largest absolute Gasteiger partial charge is 0.506 e. The van der Waals surface area contributed by atoms with E-state index in [1.807, 2.05) is 13.0 Å². The number of aromatic hydroxyl groups is 1. The third kappa shape index (κ3) is 1.57. The second kappa shape index (κ2) is 3.52. The van der Waals surface area contributed by atoms with Crippen LogP contribution in [0.4, 0.5) is 5.69 Å². The maximum absolute atomic E-state index is 9.83. The Balaban J connectivity index is 2.37. The quantitative estimate of drug-likeness (QED) is 0.737. The monoisotopic (exact) mass is 191 g/mol. The zero-order chi connectivity index (χ0) is 10.1. The van der Waals surface area contributed by atoms with Crippen LogP contribution in [0, 0.1) is 13.8 Å². The van der Waals surface area contributed by atoms with Crippen LogP contribution in [-0.4, -0.2) is 18.2 Å². The minimum absolute atomic E-state index is 0.426. The third-order valence-electron chi connectivity index (χ3n) is 3.04. The van der Waals surface area contributed by atoms with Gasteiger partial charge < -0.3 is 10.0 Å². The number of rotatable bonds is 1. The van der Waals surface area contributed by atoms with Gasteiger partial charge >= 0.3 is 0 Å². The van der Waals surface area contributed by atoms with E-state index < -0.39 is 0 Å². The highest BCUT2D eigenvalue weighted by molar-refractivity contribution is 5.61. The molecule has 2 nitrogen and oxygen atoms in total. The van der Waals surface area contributed by atoms with Gasteiger partial charge in [0.15, 0.2) is 0 Å². The van der Waals surface area contributed by atoms with Gasteiger partial charge in [-0.1, -0.05) is 0 Å². The van der Waals surface area contributed by atoms with Gasteiger partial charge in [0.25, 0.3) is 0 Å². The normalized spacial score (nSPS) is 16.3. The standard InChI is InChI=1S/C12H17NO/c1-9-7-11(12(14)8-10(9)2)13-5-3-4-6-13/h7-8,14H,3-6H2,1-2H3. The van der Waals surface area contributed by atoms with Gasteiger partial charge in [-0.05, 0) is 49.9 Å². The molecule has 0 atom stereocenters. The highest BCUT2D eigenvalue weighted by Gasteiger charge is 2.16. The Morgan fingerprint density at radius 2 is 1.64 bits per heavy atom. The number of nitrogens with zero attached hydrogens (tertiary/aromatic N) is 1. The fourth-order valence-electron chi connectivity index (χ4n) is 2.00. The van der Waals surface area contributed by atoms with Crippen LogP contribution in [0.15, 0.2) is 12.1 Å². The lowest BCUT2D eigenvalue weighted by Gasteiger charge is -2.20. The van der Waals surface area contributed by atoms with Crippen LogP contribution in [-0.2, 0) is 0 Å². The number of phenols is 1. The van der Waals surface area contributed by atoms with Crippen molar-refractivity contribution in [2.24, 2.45) is 0 Å². The van der Waals surface area contributed by atoms with E-state index in [1.165, 1.54) is 18.4 Å². The number of hydrogen-bond donors (Lipinski definition) is 1. The van der Waals surface area contributed by atoms with Crippen LogP contribution >= 0.6 is 0 Å². The molecule has 2 rings (SSSR count). The van der Waals surface area contributed by atoms with Gasteiger partial charge in [-0.25, -0.2) is 0 Å². The molecule has 1 aromatic carbocycles. The fraction of sp³-hybridized carbons (Fsp3) is 0.500. The number of benzene rings is 1. The Hall–Kier alpha value is -1.18. The van der Waals surface area contributed by atoms with Crippen molar-refractivity contribution in [3.63, 3.8) is 0 Å². The summed E-state index contributed by atoms with van der Waals surface area (Å²) < 4.78 is 0. The maximum Gasteiger partial charge on any atom is 0.139 e. The van der Waals surface area contributed by atoms with Gasteiger partial charge in [0, 0.05) is 13.1 Å². The van der Waals surface area contributed by atoms with E-state index in [0.717, 1.165) is 24.3 Å². The Morgan fingerprint density at radius 1 is 1.07 bits per heavy atom. The first-order valence-corrected chi connectivity index (χ1v) is 5.23. The van der Waals surface area contributed by atoms with Gasteiger partial charge in [0.1, 0.15) is 5.75 Å². The summed E-state index contributed by atoms with van der Waals surface area (Å²) in [5, 5.41) is 9.83. The van der Waals surface area contributed by atoms with E-state index in [9.17, 15) is 5.11 Å². The summed E-state index contributed by atoms with van der Waals surface area (Å²) in [6.45, 7) is 6.28. The van der Waals surface area contributed by atoms with Gasteiger partial charge in [-0.2, -0.15) is 0 Å². The van der Waals surface area contributed by atoms with Crippen molar-refractivity contribution in [2.75, 3.05) is 18.0 Å². The average Bonchev–Trinajstić information content (AvgIpc) is 2.64. The molecule has 1 heterocycles. The molecule has 1 fully saturated rings. The summed E-state index contributed by atoms with van der Waals surface area (Å²) >= 11 is 0. The van der Waals surface area contributed by atoms with Crippen LogP contribution < -0.4 is 4.90 Å². The minimum Gasteiger partial charge on any atom is -0.506 e. The second-order valence-corrected chi connectivity index (χ2v) is 4.12. The molecule has 0 aliphatic carbocycles. The van der Waals surface area contributed by atoms with Crippen LogP contribution in [0.3, 0.4) is 0 Å². The molecule has 0 unspecified atom stereocenters. The van der Waals surface area contributed by atoms with E-state index >= 15 is 0 Å². The Kier molecular flexibility index (Phi) is 2.36. The van der Waals surface area contributed by atoms with Crippen LogP contribution in [0.2, 0.25) is 0 Å². The first-order chi connectivity index (χ1) is 6.68. The summed E-state index contributed by atoms with van der Waals surface area (Å²) in [5.74, 6) is 0.426. The summed E-state index contributed by atoms with van der Waals surface area (Å²) in [7, 11) is 0. The Labute approximate surface area is 85.2 Å². The van der Waals surface area contributed by atoms with Crippen molar-refractivity contribution >= 4 is 5.69 Å². The number of anilines is 1. The van der Waals surface area contributed by atoms with E-state index in [0.29, 0.717) is 5.75 Å². The molecule has 0 bridgehead atoms. The maximum atomic E-state index is 9.83. The molecule has 1 aliphatic heterocycles. The Bertz CT molecular complexity index is 340. The highest BCUT2D eigenvalue weighted by Crippen LogP contribution is 2.32. The number of hydrogen-bond acceptors (Lipinski definition) is 2. The molecular formula is C12H17NO. The zero-order valence-corrected chi connectivity index (χ0v) is 8.88. The van der Waals surface area contributed by atoms with Crippen LogP contribution in [0.25, 0.3) is 0 Å². The predicted molar refractivity (Wildman–Crippen MR) is 59.0 cm³/mol. The molecule has 0 amide bonds. The van der Waals surface area contributed by atoms with Crippen molar-refractivity contribution in [2.45, 2.75) is 26.7 Å². The summed E-state index contributed by atoms with van der Waals surface area (Å²) in [5.41, 5.74) is 3.42. The minimum atomic E-state index is 0.426. The number of aryl methyl sites for hydroxylation is 2. The lowest BCUT2D eigenvalue weighted by Crippen LogP contribution is -2.17. The predicted octanol–water partition coefficient (Wildman–Crippen LogP) is 2.61. The van der Waals surface area contributed by atoms with E-state index in [-0.39, 0.29) is 0 Å². The van der Waals surface area contributed by atoms with Crippen molar-refractivity contribution in [3.05, 3.63) is 23.3 Å². The second-order valence-electron chi connectivity index (χ2n) is 4.12. The fourth-order valence-corrected chi connectivity index (χ4v) is 2.00. The molecule has 1 N–H and O–H groups in total. The molecule has 1 aromatic rings. The number of phenolic OH excluding ortho intramolecular Hbond substituents is 1. The van der Waals surface area contributed by atoms with Gasteiger partial charge in [-0.3, -0.25) is 0 Å². The first-order valence-electron chi connectivity index (χ1n) is 5.23. The molecule has 14 heavy (non-hydrogen) atoms. The summed E-state index contributed by atoms with van der Waals surface area (Å²) in [4.78, 5) is 2.27. The smallest absolute Gasteiger partial charge is 0.139 e.